The number of hydrogen-bond donors (Lipinski definition) is 20. The summed E-state index contributed by atoms with van der Waals surface area (Å²) in [6.07, 6.45) is 1.78. The zero-order chi connectivity index (χ0) is 52.7. The van der Waals surface area contributed by atoms with Crippen molar-refractivity contribution in [1.29, 1.82) is 0 Å². The van der Waals surface area contributed by atoms with E-state index in [1.807, 2.05) is 6.26 Å². The minimum atomic E-state index is -1.22. The van der Waals surface area contributed by atoms with Crippen molar-refractivity contribution in [3.8, 4) is 0 Å². The molecule has 0 saturated carbocycles. The first-order valence-electron chi connectivity index (χ1n) is 18.5. The highest BCUT2D eigenvalue weighted by atomic mass is 32.2. The van der Waals surface area contributed by atoms with Gasteiger partial charge >= 0.3 is 41.8 Å². The van der Waals surface area contributed by atoms with E-state index in [2.05, 4.69) is 71.8 Å². The number of thiol groups is 4. The lowest BCUT2D eigenvalue weighted by Gasteiger charge is -2.16. The van der Waals surface area contributed by atoms with Gasteiger partial charge in [-0.2, -0.15) is 49.6 Å². The molecule has 0 aromatic heterocycles. The zero-order valence-electron chi connectivity index (χ0n) is 35.3. The van der Waals surface area contributed by atoms with Gasteiger partial charge in [-0.25, -0.2) is 0 Å². The molecule has 0 heterocycles. The lowest BCUT2D eigenvalue weighted by atomic mass is 10.1. The molecule has 0 rings (SSSR count). The fourth-order valence-electron chi connectivity index (χ4n) is 3.16. The number of carbonyl (C=O) groups excluding carboxylic acids is 5. The Labute approximate surface area is 404 Å². The molecule has 0 aliphatic rings. The van der Waals surface area contributed by atoms with Crippen LogP contribution in [0.2, 0.25) is 0 Å². The number of carboxylic acids is 7. The summed E-state index contributed by atoms with van der Waals surface area (Å²) in [7, 11) is 0. The largest absolute Gasteiger partial charge is 0.481 e. The van der Waals surface area contributed by atoms with Gasteiger partial charge in [0.2, 0.25) is 28.7 Å². The molecule has 0 aromatic rings. The Balaban J connectivity index is -0.000000250. The summed E-state index contributed by atoms with van der Waals surface area (Å²) < 4.78 is 0. The molecule has 0 aliphatic heterocycles. The van der Waals surface area contributed by atoms with Crippen molar-refractivity contribution in [2.24, 2.45) is 28.7 Å². The van der Waals surface area contributed by atoms with Crippen molar-refractivity contribution >= 4 is 133 Å². The Morgan fingerprint density at radius 3 is 0.985 bits per heavy atom. The molecule has 66 heavy (non-hydrogen) atoms. The Hall–Kier alpha value is -4.61. The summed E-state index contributed by atoms with van der Waals surface area (Å²) in [6.45, 7) is -1.13. The SMILES string of the molecule is CSCC[C@H](N)C(=O)O.NC(CCC(=O)NC(CS)C(=O)NCC(=O)O)C(=O)O.NC(CCC(=O)NC(CS)C(=O)NCC(=O)O)C(=O)O.N[C@@H](CCC(=O)O)C(=O)O.N[C@@H](CS)C(=O)S. The minimum Gasteiger partial charge on any atom is -0.481 e. The van der Waals surface area contributed by atoms with E-state index in [0.717, 1.165) is 5.75 Å². The van der Waals surface area contributed by atoms with Gasteiger partial charge in [-0.3, -0.25) is 57.5 Å². The Morgan fingerprint density at radius 1 is 0.470 bits per heavy atom. The highest BCUT2D eigenvalue weighted by molar-refractivity contribution is 7.98. The van der Waals surface area contributed by atoms with E-state index >= 15 is 0 Å². The second kappa shape index (κ2) is 43.0. The summed E-state index contributed by atoms with van der Waals surface area (Å²) in [5, 5.41) is 67.0. The van der Waals surface area contributed by atoms with Gasteiger partial charge in [0.05, 0.1) is 6.04 Å². The fraction of sp³-hybridized carbons (Fsp3) is 0.636. The van der Waals surface area contributed by atoms with E-state index in [9.17, 15) is 57.5 Å². The normalized spacial score (nSPS) is 13.1. The maximum absolute atomic E-state index is 11.5. The molecule has 21 N–H and O–H groups in total. The first-order chi connectivity index (χ1) is 30.4. The molecule has 7 atom stereocenters. The molecular weight excluding hydrogens is 987 g/mol. The summed E-state index contributed by atoms with van der Waals surface area (Å²) in [6, 6.07) is -6.55. The molecule has 0 fully saturated rings. The molecule has 0 saturated heterocycles. The lowest BCUT2D eigenvalue weighted by Crippen LogP contribution is -2.49. The molecule has 0 bridgehead atoms. The molecule has 4 unspecified atom stereocenters. The number of nitrogens with one attached hydrogen (secondary N) is 4. The summed E-state index contributed by atoms with van der Waals surface area (Å²) >= 11 is 16.6. The van der Waals surface area contributed by atoms with Crippen LogP contribution in [0.4, 0.5) is 0 Å². The number of hydrogen-bond acceptors (Lipinski definition) is 21. The van der Waals surface area contributed by atoms with Crippen molar-refractivity contribution in [3.05, 3.63) is 0 Å². The first-order valence-corrected chi connectivity index (χ1v) is 22.2. The van der Waals surface area contributed by atoms with Crippen LogP contribution in [0.25, 0.3) is 0 Å². The van der Waals surface area contributed by atoms with Crippen LogP contribution in [-0.2, 0) is 57.5 Å². The zero-order valence-corrected chi connectivity index (χ0v) is 39.7. The maximum Gasteiger partial charge on any atom is 0.322 e. The molecule has 0 spiro atoms. The van der Waals surface area contributed by atoms with Crippen LogP contribution in [0, 0.1) is 0 Å². The molecule has 382 valence electrons. The van der Waals surface area contributed by atoms with Crippen molar-refractivity contribution in [2.75, 3.05) is 42.4 Å². The van der Waals surface area contributed by atoms with E-state index in [-0.39, 0.29) is 55.1 Å². The third-order valence-corrected chi connectivity index (χ3v) is 9.05. The summed E-state index contributed by atoms with van der Waals surface area (Å²) in [5.74, 6) is -9.34. The highest BCUT2D eigenvalue weighted by Crippen LogP contribution is 2.00. The average Bonchev–Trinajstić information content (AvgIpc) is 3.24. The van der Waals surface area contributed by atoms with Crippen LogP contribution < -0.4 is 49.9 Å². The predicted molar refractivity (Wildman–Crippen MR) is 249 cm³/mol. The van der Waals surface area contributed by atoms with Gasteiger partial charge in [0.15, 0.2) is 0 Å². The number of carbonyl (C=O) groups is 12. The van der Waals surface area contributed by atoms with Crippen LogP contribution in [0.5, 0.6) is 0 Å². The third kappa shape index (κ3) is 45.9. The van der Waals surface area contributed by atoms with Gasteiger partial charge in [-0.1, -0.05) is 0 Å². The van der Waals surface area contributed by atoms with Crippen LogP contribution in [0.3, 0.4) is 0 Å². The number of carboxylic acid groups (broad SMARTS) is 7. The van der Waals surface area contributed by atoms with Crippen molar-refractivity contribution in [2.45, 2.75) is 87.2 Å². The number of rotatable bonds is 28. The molecular formula is C33H61N9O19S5. The van der Waals surface area contributed by atoms with E-state index in [1.54, 1.807) is 11.8 Å². The van der Waals surface area contributed by atoms with Gasteiger partial charge in [-0.15, -0.1) is 12.6 Å². The van der Waals surface area contributed by atoms with Crippen molar-refractivity contribution in [3.63, 3.8) is 0 Å². The van der Waals surface area contributed by atoms with Gasteiger partial charge in [0.25, 0.3) is 0 Å². The van der Waals surface area contributed by atoms with Crippen LogP contribution in [0.15, 0.2) is 0 Å². The van der Waals surface area contributed by atoms with Gasteiger partial charge in [-0.05, 0) is 37.7 Å². The number of nitrogens with two attached hydrogens (primary N) is 5. The maximum atomic E-state index is 11.5. The second-order valence-electron chi connectivity index (χ2n) is 12.5. The number of aliphatic carboxylic acids is 7. The highest BCUT2D eigenvalue weighted by Gasteiger charge is 2.22. The standard InChI is InChI=1S/2C10H17N3O6S.C5H9NO4.C5H11NO2S.C3H7NOS2/c2*11-5(10(18)19)1-2-7(14)13-6(4-20)9(17)12-3-8(15)16;6-3(5(9)10)1-2-4(7)8;1-9-3-2-4(6)5(7)8;4-2(1-6)3(5)7/h2*5-6,20H,1-4,11H2,(H,12,17)(H,13,14)(H,15,16)(H,18,19);3H,1-2,6H2,(H,7,8)(H,9,10);4H,2-3,6H2,1H3,(H,7,8);2,6H,1,4H2,(H,5,7)/t;;3-;4-;2-/m..000/s1. The topological polar surface area (TPSA) is 525 Å². The average molecular weight is 1050 g/mol. The third-order valence-electron chi connectivity index (χ3n) is 6.95. The number of thioether (sulfide) groups is 1. The Bertz CT molecular complexity index is 1500. The van der Waals surface area contributed by atoms with Crippen LogP contribution in [0.1, 0.15) is 44.9 Å². The van der Waals surface area contributed by atoms with Crippen LogP contribution >= 0.6 is 62.3 Å². The van der Waals surface area contributed by atoms with Gasteiger partial charge in [0, 0.05) is 36.5 Å². The monoisotopic (exact) mass is 1050 g/mol. The molecule has 4 amide bonds. The molecule has 0 aromatic carbocycles. The van der Waals surface area contributed by atoms with E-state index < -0.39 is 121 Å². The summed E-state index contributed by atoms with van der Waals surface area (Å²) in [5.41, 5.74) is 25.8. The van der Waals surface area contributed by atoms with E-state index in [4.69, 9.17) is 64.4 Å². The lowest BCUT2D eigenvalue weighted by molar-refractivity contribution is -0.141. The first kappa shape index (κ1) is 70.4. The van der Waals surface area contributed by atoms with Crippen LogP contribution in [-0.4, -0.2) is 191 Å². The Kier molecular flexibility index (Phi) is 45.9. The fourth-order valence-corrected chi connectivity index (χ4v) is 4.57. The van der Waals surface area contributed by atoms with Gasteiger partial charge < -0.3 is 85.7 Å². The molecule has 0 aliphatic carbocycles. The van der Waals surface area contributed by atoms with Crippen molar-refractivity contribution < 1.29 is 93.3 Å². The minimum absolute atomic E-state index is 0.0231. The smallest absolute Gasteiger partial charge is 0.322 e. The molecule has 0 radical (unpaired) electrons. The van der Waals surface area contributed by atoms with E-state index in [1.165, 1.54) is 0 Å². The second-order valence-corrected chi connectivity index (χ2v) is 15.0. The van der Waals surface area contributed by atoms with Crippen molar-refractivity contribution in [1.82, 2.24) is 21.3 Å². The summed E-state index contributed by atoms with van der Waals surface area (Å²) in [4.78, 5) is 127. The Morgan fingerprint density at radius 2 is 0.773 bits per heavy atom. The predicted octanol–water partition coefficient (Wildman–Crippen LogP) is -5.30. The van der Waals surface area contributed by atoms with Gasteiger partial charge in [0.1, 0.15) is 49.3 Å². The number of amides is 4. The quantitative estimate of drug-likeness (QED) is 0.0325. The molecule has 33 heteroatoms. The molecule has 28 nitrogen and oxygen atoms in total. The van der Waals surface area contributed by atoms with E-state index in [0.29, 0.717) is 12.2 Å².